The molecule has 116 valence electrons. The maximum absolute atomic E-state index is 12.2. The number of hydrogen-bond donors (Lipinski definition) is 1. The van der Waals surface area contributed by atoms with Crippen LogP contribution in [0.3, 0.4) is 0 Å². The maximum atomic E-state index is 12.2. The fourth-order valence-corrected chi connectivity index (χ4v) is 5.74. The van der Waals surface area contributed by atoms with Gasteiger partial charge in [-0.2, -0.15) is 0 Å². The summed E-state index contributed by atoms with van der Waals surface area (Å²) in [5, 5.41) is 12.3. The Bertz CT molecular complexity index is 521. The van der Waals surface area contributed by atoms with E-state index >= 15 is 0 Å². The number of carbonyl (C=O) groups is 1. The van der Waals surface area contributed by atoms with Gasteiger partial charge >= 0.3 is 5.97 Å². The molecule has 1 aromatic rings. The fourth-order valence-electron chi connectivity index (χ4n) is 2.76. The normalized spacial score (nSPS) is 28.8. The average molecular weight is 346 g/mol. The number of aromatic nitrogens is 2. The van der Waals surface area contributed by atoms with Crippen LogP contribution in [-0.2, 0) is 9.53 Å². The summed E-state index contributed by atoms with van der Waals surface area (Å²) < 4.78 is 7.04. The summed E-state index contributed by atoms with van der Waals surface area (Å²) in [7, 11) is 1.48. The third-order valence-electron chi connectivity index (χ3n) is 3.93. The molecule has 1 heterocycles. The quantitative estimate of drug-likeness (QED) is 0.628. The molecule has 2 fully saturated rings. The Morgan fingerprint density at radius 1 is 1.38 bits per heavy atom. The Labute approximate surface area is 137 Å². The summed E-state index contributed by atoms with van der Waals surface area (Å²) in [5.74, 6) is -0.112. The minimum Gasteiger partial charge on any atom is -0.468 e. The first-order valence-corrected chi connectivity index (χ1v) is 9.97. The smallest absolute Gasteiger partial charge is 0.326 e. The zero-order valence-electron chi connectivity index (χ0n) is 12.1. The molecule has 2 atom stereocenters. The van der Waals surface area contributed by atoms with Gasteiger partial charge in [-0.15, -0.1) is 10.2 Å². The van der Waals surface area contributed by atoms with E-state index in [1.807, 2.05) is 6.26 Å². The van der Waals surface area contributed by atoms with E-state index in [1.54, 1.807) is 34.9 Å². The van der Waals surface area contributed by atoms with E-state index < -0.39 is 5.54 Å². The molecule has 1 aromatic heterocycles. The topological polar surface area (TPSA) is 64.1 Å². The summed E-state index contributed by atoms with van der Waals surface area (Å²) in [6.45, 7) is 0. The van der Waals surface area contributed by atoms with Crippen LogP contribution in [0.4, 0.5) is 0 Å². The number of hydrogen-bond acceptors (Lipinski definition) is 8. The molecule has 2 aliphatic rings. The van der Waals surface area contributed by atoms with Crippen molar-refractivity contribution in [2.24, 2.45) is 0 Å². The van der Waals surface area contributed by atoms with Gasteiger partial charge < -0.3 is 4.74 Å². The Balaban J connectivity index is 1.65. The molecule has 0 amide bonds. The highest BCUT2D eigenvalue weighted by Crippen LogP contribution is 2.43. The van der Waals surface area contributed by atoms with Gasteiger partial charge in [0.15, 0.2) is 8.68 Å². The monoisotopic (exact) mass is 345 g/mol. The lowest BCUT2D eigenvalue weighted by atomic mass is 9.97. The molecule has 0 saturated heterocycles. The number of carbonyl (C=O) groups excluding carboxylic acids is 1. The maximum Gasteiger partial charge on any atom is 0.326 e. The van der Waals surface area contributed by atoms with E-state index in [9.17, 15) is 4.79 Å². The molecular formula is C13H19N3O2S3. The lowest BCUT2D eigenvalue weighted by molar-refractivity contribution is -0.148. The second-order valence-electron chi connectivity index (χ2n) is 5.51. The first-order valence-electron chi connectivity index (χ1n) is 7.05. The number of nitrogens with zero attached hydrogens (tertiary/aromatic N) is 2. The summed E-state index contributed by atoms with van der Waals surface area (Å²) in [6.07, 6.45) is 7.02. The molecule has 5 nitrogen and oxygen atoms in total. The van der Waals surface area contributed by atoms with E-state index in [4.69, 9.17) is 4.74 Å². The zero-order chi connectivity index (χ0) is 14.9. The lowest BCUT2D eigenvalue weighted by Gasteiger charge is -2.27. The van der Waals surface area contributed by atoms with Gasteiger partial charge in [0, 0.05) is 11.3 Å². The van der Waals surface area contributed by atoms with Crippen LogP contribution in [0.2, 0.25) is 0 Å². The number of esters is 1. The van der Waals surface area contributed by atoms with Crippen LogP contribution in [0.1, 0.15) is 32.1 Å². The molecule has 2 saturated carbocycles. The minimum absolute atomic E-state index is 0.112. The van der Waals surface area contributed by atoms with Crippen LogP contribution in [0, 0.1) is 0 Å². The van der Waals surface area contributed by atoms with Crippen LogP contribution in [0.15, 0.2) is 8.68 Å². The Morgan fingerprint density at radius 2 is 2.14 bits per heavy atom. The van der Waals surface area contributed by atoms with Crippen molar-refractivity contribution in [2.45, 2.75) is 57.6 Å². The van der Waals surface area contributed by atoms with E-state index in [-0.39, 0.29) is 5.97 Å². The Kier molecular flexibility index (Phi) is 4.78. The van der Waals surface area contributed by atoms with Crippen LogP contribution >= 0.6 is 34.9 Å². The van der Waals surface area contributed by atoms with E-state index in [0.717, 1.165) is 27.9 Å². The molecule has 0 radical (unpaired) electrons. The Morgan fingerprint density at radius 3 is 2.76 bits per heavy atom. The molecule has 2 aliphatic carbocycles. The highest BCUT2D eigenvalue weighted by molar-refractivity contribution is 8.03. The standard InChI is InChI=1S/C13H19N3O2S3/c1-18-10(17)13(14-8-3-4-8)6-5-9(7-13)20-12-16-15-11(19-2)21-12/h8-9,14H,3-7H2,1-2H3. The molecule has 2 unspecified atom stereocenters. The number of methoxy groups -OCH3 is 1. The third-order valence-corrected chi connectivity index (χ3v) is 7.18. The molecular weight excluding hydrogens is 326 g/mol. The second-order valence-corrected chi connectivity index (χ2v) is 9.09. The summed E-state index contributed by atoms with van der Waals surface area (Å²) in [6, 6.07) is 0.498. The van der Waals surface area contributed by atoms with Gasteiger partial charge in [-0.1, -0.05) is 34.9 Å². The first-order chi connectivity index (χ1) is 10.1. The number of nitrogens with one attached hydrogen (secondary N) is 1. The molecule has 0 aromatic carbocycles. The second kappa shape index (κ2) is 6.44. The SMILES string of the molecule is COC(=O)C1(NC2CC2)CCC(Sc2nnc(SC)s2)C1. The summed E-state index contributed by atoms with van der Waals surface area (Å²) >= 11 is 4.99. The molecule has 1 N–H and O–H groups in total. The van der Waals surface area contributed by atoms with Gasteiger partial charge in [0.25, 0.3) is 0 Å². The molecule has 21 heavy (non-hydrogen) atoms. The van der Waals surface area contributed by atoms with Crippen LogP contribution < -0.4 is 5.32 Å². The minimum atomic E-state index is -0.486. The third kappa shape index (κ3) is 3.55. The first kappa shape index (κ1) is 15.6. The molecule has 0 aliphatic heterocycles. The predicted octanol–water partition coefficient (Wildman–Crippen LogP) is 2.57. The van der Waals surface area contributed by atoms with Gasteiger partial charge in [0.05, 0.1) is 7.11 Å². The number of rotatable bonds is 6. The summed E-state index contributed by atoms with van der Waals surface area (Å²) in [5.41, 5.74) is -0.486. The van der Waals surface area contributed by atoms with E-state index in [0.29, 0.717) is 11.3 Å². The molecule has 8 heteroatoms. The van der Waals surface area contributed by atoms with Crippen molar-refractivity contribution >= 4 is 40.8 Å². The largest absolute Gasteiger partial charge is 0.468 e. The van der Waals surface area contributed by atoms with Crippen molar-refractivity contribution in [3.05, 3.63) is 0 Å². The zero-order valence-corrected chi connectivity index (χ0v) is 14.6. The average Bonchev–Trinajstić information content (AvgIpc) is 3.02. The van der Waals surface area contributed by atoms with Crippen molar-refractivity contribution in [1.82, 2.24) is 15.5 Å². The van der Waals surface area contributed by atoms with Gasteiger partial charge in [0.2, 0.25) is 0 Å². The fraction of sp³-hybridized carbons (Fsp3) is 0.769. The highest BCUT2D eigenvalue weighted by atomic mass is 32.2. The van der Waals surface area contributed by atoms with Crippen molar-refractivity contribution in [3.63, 3.8) is 0 Å². The molecule has 3 rings (SSSR count). The van der Waals surface area contributed by atoms with Gasteiger partial charge in [-0.05, 0) is 38.4 Å². The van der Waals surface area contributed by atoms with Crippen molar-refractivity contribution < 1.29 is 9.53 Å². The predicted molar refractivity (Wildman–Crippen MR) is 86.1 cm³/mol. The molecule has 0 spiro atoms. The Hall–Kier alpha value is -0.310. The van der Waals surface area contributed by atoms with Gasteiger partial charge in [-0.25, -0.2) is 0 Å². The van der Waals surface area contributed by atoms with Gasteiger partial charge in [0.1, 0.15) is 5.54 Å². The van der Waals surface area contributed by atoms with Crippen molar-refractivity contribution in [3.8, 4) is 0 Å². The molecule has 0 bridgehead atoms. The van der Waals surface area contributed by atoms with Crippen LogP contribution in [0.25, 0.3) is 0 Å². The van der Waals surface area contributed by atoms with Crippen molar-refractivity contribution in [1.29, 1.82) is 0 Å². The number of ether oxygens (including phenoxy) is 1. The highest BCUT2D eigenvalue weighted by Gasteiger charge is 2.49. The van der Waals surface area contributed by atoms with E-state index in [2.05, 4.69) is 15.5 Å². The van der Waals surface area contributed by atoms with Gasteiger partial charge in [-0.3, -0.25) is 10.1 Å². The lowest BCUT2D eigenvalue weighted by Crippen LogP contribution is -2.52. The van der Waals surface area contributed by atoms with Crippen LogP contribution in [0.5, 0.6) is 0 Å². The van der Waals surface area contributed by atoms with Crippen molar-refractivity contribution in [2.75, 3.05) is 13.4 Å². The number of thioether (sulfide) groups is 2. The van der Waals surface area contributed by atoms with E-state index in [1.165, 1.54) is 20.0 Å². The van der Waals surface area contributed by atoms with Crippen LogP contribution in [-0.4, -0.2) is 46.4 Å². The summed E-state index contributed by atoms with van der Waals surface area (Å²) in [4.78, 5) is 12.2.